The van der Waals surface area contributed by atoms with Crippen LogP contribution in [0.25, 0.3) is 16.9 Å². The first-order chi connectivity index (χ1) is 21.7. The molecule has 0 fully saturated rings. The lowest BCUT2D eigenvalue weighted by Gasteiger charge is -2.17. The third-order valence-corrected chi connectivity index (χ3v) is 8.63. The second-order valence-corrected chi connectivity index (χ2v) is 12.0. The van der Waals surface area contributed by atoms with Gasteiger partial charge in [-0.2, -0.15) is 5.10 Å². The number of aromatic nitrogens is 3. The van der Waals surface area contributed by atoms with Crippen molar-refractivity contribution in [2.24, 2.45) is 23.1 Å². The number of hydrogen-bond donors (Lipinski definition) is 0. The van der Waals surface area contributed by atoms with Gasteiger partial charge in [-0.05, 0) is 49.6 Å². The van der Waals surface area contributed by atoms with Crippen molar-refractivity contribution in [2.75, 3.05) is 11.4 Å². The van der Waals surface area contributed by atoms with Gasteiger partial charge in [0.05, 0.1) is 27.7 Å². The molecule has 0 saturated heterocycles. The lowest BCUT2D eigenvalue weighted by Crippen LogP contribution is -2.32. The smallest absolute Gasteiger partial charge is 0.297 e. The van der Waals surface area contributed by atoms with Gasteiger partial charge in [-0.1, -0.05) is 50.2 Å². The van der Waals surface area contributed by atoms with Crippen molar-refractivity contribution >= 4 is 40.0 Å². The summed E-state index contributed by atoms with van der Waals surface area (Å²) in [6.45, 7) is 6.61. The number of hydrogen-bond acceptors (Lipinski definition) is 7. The summed E-state index contributed by atoms with van der Waals surface area (Å²) in [6, 6.07) is 23.0. The summed E-state index contributed by atoms with van der Waals surface area (Å²) in [4.78, 5) is 45.4. The maximum absolute atomic E-state index is 13.9. The molecule has 0 saturated carbocycles. The zero-order valence-electron chi connectivity index (χ0n) is 25.2. The average Bonchev–Trinajstić information content (AvgIpc) is 3.63. The molecule has 0 aliphatic carbocycles. The molecule has 1 aliphatic rings. The minimum absolute atomic E-state index is 0.0428. The van der Waals surface area contributed by atoms with Crippen LogP contribution in [-0.4, -0.2) is 37.1 Å². The molecule has 228 valence electrons. The molecule has 0 bridgehead atoms. The molecule has 0 radical (unpaired) electrons. The fourth-order valence-electron chi connectivity index (χ4n) is 5.27. The van der Waals surface area contributed by atoms with E-state index in [0.29, 0.717) is 45.5 Å². The van der Waals surface area contributed by atoms with Gasteiger partial charge in [0.1, 0.15) is 0 Å². The summed E-state index contributed by atoms with van der Waals surface area (Å²) in [7, 11) is 1.80. The number of fused-ring (bicyclic) bond motifs is 1. The molecule has 2 aromatic heterocycles. The van der Waals surface area contributed by atoms with Crippen LogP contribution in [0.2, 0.25) is 0 Å². The Morgan fingerprint density at radius 2 is 1.64 bits per heavy atom. The molecule has 11 nitrogen and oxygen atoms in total. The highest BCUT2D eigenvalue weighted by atomic mass is 32.1. The minimum Gasteiger partial charge on any atom is -0.306 e. The molecule has 0 N–H and O–H groups in total. The molecule has 6 rings (SSSR count). The SMILES string of the molecule is Cc1c(N=c2scc(-c3ccc([N+](=O)[O-])cc3)n2N=C2C(=O)N(CCC(C)C)c3ccccc32)c(=O)n(-c2ccccc2)n1C. The van der Waals surface area contributed by atoms with E-state index < -0.39 is 4.92 Å². The molecule has 1 aliphatic heterocycles. The van der Waals surface area contributed by atoms with E-state index in [0.717, 1.165) is 12.1 Å². The molecule has 12 heteroatoms. The quantitative estimate of drug-likeness (QED) is 0.161. The topological polar surface area (TPSA) is 120 Å². The normalized spacial score (nSPS) is 14.2. The van der Waals surface area contributed by atoms with Crippen LogP contribution in [0.1, 0.15) is 31.5 Å². The van der Waals surface area contributed by atoms with Crippen molar-refractivity contribution in [3.05, 3.63) is 121 Å². The third kappa shape index (κ3) is 5.44. The number of anilines is 1. The van der Waals surface area contributed by atoms with Gasteiger partial charge in [-0.15, -0.1) is 11.3 Å². The first-order valence-electron chi connectivity index (χ1n) is 14.5. The average molecular weight is 622 g/mol. The van der Waals surface area contributed by atoms with E-state index >= 15 is 0 Å². The molecule has 0 unspecified atom stereocenters. The first-order valence-corrected chi connectivity index (χ1v) is 15.4. The van der Waals surface area contributed by atoms with Gasteiger partial charge in [0.25, 0.3) is 17.2 Å². The standard InChI is InChI=1S/C33H31N7O4S/c1-21(2)18-19-37-27-13-9-8-12-26(27)30(31(37)41)35-38-28(23-14-16-25(17-15-23)40(43)44)20-45-33(38)34-29-22(3)36(4)39(32(29)42)24-10-6-5-7-11-24/h5-17,20-21H,18-19H2,1-4H3. The highest BCUT2D eigenvalue weighted by molar-refractivity contribution is 7.07. The van der Waals surface area contributed by atoms with Crippen LogP contribution in [0.3, 0.4) is 0 Å². The van der Waals surface area contributed by atoms with E-state index in [-0.39, 0.29) is 28.6 Å². The molecule has 3 heterocycles. The van der Waals surface area contributed by atoms with Crippen LogP contribution in [0.5, 0.6) is 0 Å². The number of nitro benzene ring substituents is 1. The second-order valence-electron chi connectivity index (χ2n) is 11.1. The Bertz CT molecular complexity index is 2080. The second kappa shape index (κ2) is 12.0. The Morgan fingerprint density at radius 3 is 2.33 bits per heavy atom. The molecule has 5 aromatic rings. The lowest BCUT2D eigenvalue weighted by atomic mass is 10.1. The van der Waals surface area contributed by atoms with Crippen LogP contribution in [0, 0.1) is 23.0 Å². The number of benzene rings is 3. The number of nitro groups is 1. The van der Waals surface area contributed by atoms with E-state index in [1.165, 1.54) is 23.5 Å². The Kier molecular flexibility index (Phi) is 7.90. The Morgan fingerprint density at radius 1 is 0.956 bits per heavy atom. The van der Waals surface area contributed by atoms with Crippen LogP contribution < -0.4 is 15.3 Å². The number of carbonyl (C=O) groups excluding carboxylic acids is 1. The Labute approximate surface area is 262 Å². The maximum atomic E-state index is 13.9. The first kappa shape index (κ1) is 29.7. The summed E-state index contributed by atoms with van der Waals surface area (Å²) in [6.07, 6.45) is 0.828. The summed E-state index contributed by atoms with van der Waals surface area (Å²) in [5.41, 5.74) is 4.21. The number of amides is 1. The van der Waals surface area contributed by atoms with E-state index in [1.54, 1.807) is 38.1 Å². The summed E-state index contributed by atoms with van der Waals surface area (Å²) < 4.78 is 4.86. The lowest BCUT2D eigenvalue weighted by molar-refractivity contribution is -0.384. The molecule has 3 aromatic carbocycles. The van der Waals surface area contributed by atoms with E-state index in [4.69, 9.17) is 10.1 Å². The number of para-hydroxylation sites is 2. The fourth-order valence-corrected chi connectivity index (χ4v) is 6.11. The van der Waals surface area contributed by atoms with Gasteiger partial charge in [0, 0.05) is 42.2 Å². The predicted octanol–water partition coefficient (Wildman–Crippen LogP) is 5.80. The number of nitrogens with zero attached hydrogens (tertiary/aromatic N) is 7. The molecular formula is C33H31N7O4S. The highest BCUT2D eigenvalue weighted by Gasteiger charge is 2.34. The predicted molar refractivity (Wildman–Crippen MR) is 176 cm³/mol. The number of non-ortho nitro benzene ring substituents is 1. The van der Waals surface area contributed by atoms with E-state index in [1.807, 2.05) is 66.9 Å². The van der Waals surface area contributed by atoms with Gasteiger partial charge in [-0.25, -0.2) is 14.4 Å². The summed E-state index contributed by atoms with van der Waals surface area (Å²) in [5.74, 6) is 0.184. The van der Waals surface area contributed by atoms with Crippen molar-refractivity contribution in [1.82, 2.24) is 14.0 Å². The zero-order chi connectivity index (χ0) is 31.8. The number of thiazole rings is 1. The van der Waals surface area contributed by atoms with E-state index in [9.17, 15) is 19.7 Å². The van der Waals surface area contributed by atoms with Gasteiger partial charge >= 0.3 is 0 Å². The van der Waals surface area contributed by atoms with Gasteiger partial charge in [0.15, 0.2) is 11.4 Å². The monoisotopic (exact) mass is 621 g/mol. The van der Waals surface area contributed by atoms with Gasteiger partial charge < -0.3 is 4.90 Å². The molecule has 0 atom stereocenters. The fraction of sp³-hybridized carbons (Fsp3) is 0.212. The van der Waals surface area contributed by atoms with Crippen molar-refractivity contribution in [2.45, 2.75) is 27.2 Å². The molecular weight excluding hydrogens is 590 g/mol. The minimum atomic E-state index is -0.456. The van der Waals surface area contributed by atoms with Gasteiger partial charge in [0.2, 0.25) is 4.80 Å². The third-order valence-electron chi connectivity index (χ3n) is 7.82. The van der Waals surface area contributed by atoms with Crippen molar-refractivity contribution < 1.29 is 9.72 Å². The summed E-state index contributed by atoms with van der Waals surface area (Å²) >= 11 is 1.26. The van der Waals surface area contributed by atoms with Crippen molar-refractivity contribution in [1.29, 1.82) is 0 Å². The van der Waals surface area contributed by atoms with Crippen molar-refractivity contribution in [3.63, 3.8) is 0 Å². The molecule has 1 amide bonds. The molecule has 0 spiro atoms. The number of rotatable bonds is 8. The highest BCUT2D eigenvalue weighted by Crippen LogP contribution is 2.31. The van der Waals surface area contributed by atoms with Crippen LogP contribution >= 0.6 is 11.3 Å². The van der Waals surface area contributed by atoms with Gasteiger partial charge in [-0.3, -0.25) is 24.4 Å². The largest absolute Gasteiger partial charge is 0.306 e. The van der Waals surface area contributed by atoms with Crippen molar-refractivity contribution in [3.8, 4) is 16.9 Å². The maximum Gasteiger partial charge on any atom is 0.297 e. The molecule has 45 heavy (non-hydrogen) atoms. The Hall–Kier alpha value is -5.36. The van der Waals surface area contributed by atoms with Crippen LogP contribution in [0.4, 0.5) is 17.1 Å². The number of carbonyl (C=O) groups is 1. The van der Waals surface area contributed by atoms with Crippen LogP contribution in [-0.2, 0) is 11.8 Å². The van der Waals surface area contributed by atoms with Crippen LogP contribution in [0.15, 0.2) is 99.1 Å². The Balaban J connectivity index is 1.56. The summed E-state index contributed by atoms with van der Waals surface area (Å²) in [5, 5.41) is 18.0. The zero-order valence-corrected chi connectivity index (χ0v) is 26.1. The van der Waals surface area contributed by atoms with E-state index in [2.05, 4.69) is 13.8 Å².